The molecule has 20 heavy (non-hydrogen) atoms. The Hall–Kier alpha value is -1.97. The molecule has 1 aliphatic rings. The van der Waals surface area contributed by atoms with E-state index in [1.54, 1.807) is 24.3 Å². The molecule has 2 rings (SSSR count). The maximum absolute atomic E-state index is 12.4. The summed E-state index contributed by atoms with van der Waals surface area (Å²) < 4.78 is 4.94. The Labute approximate surface area is 118 Å². The summed E-state index contributed by atoms with van der Waals surface area (Å²) in [5.41, 5.74) is 0.834. The molecule has 4 heteroatoms. The highest BCUT2D eigenvalue weighted by Gasteiger charge is 2.41. The molecular formula is C16H19NO3. The number of Topliss-reactive ketones (excluding diaryl/α,β-unsaturated/α-hetero) is 2. The van der Waals surface area contributed by atoms with Gasteiger partial charge in [0.05, 0.1) is 7.11 Å². The molecule has 0 radical (unpaired) electrons. The van der Waals surface area contributed by atoms with Crippen LogP contribution in [0.15, 0.2) is 24.3 Å². The minimum Gasteiger partial charge on any atom is -0.481 e. The number of hydrogen-bond acceptors (Lipinski definition) is 4. The third-order valence-electron chi connectivity index (χ3n) is 3.67. The molecule has 0 bridgehead atoms. The SMILES string of the molecule is COC(=N)c1ccccc1C1C(=O)CC(C)(C)CC1=O. The monoisotopic (exact) mass is 273 g/mol. The summed E-state index contributed by atoms with van der Waals surface area (Å²) in [6.45, 7) is 3.87. The van der Waals surface area contributed by atoms with Gasteiger partial charge in [0.15, 0.2) is 0 Å². The van der Waals surface area contributed by atoms with Crippen LogP contribution in [0.2, 0.25) is 0 Å². The van der Waals surface area contributed by atoms with Crippen LogP contribution < -0.4 is 0 Å². The summed E-state index contributed by atoms with van der Waals surface area (Å²) in [5.74, 6) is -0.911. The van der Waals surface area contributed by atoms with Crippen molar-refractivity contribution in [1.82, 2.24) is 0 Å². The fraction of sp³-hybridized carbons (Fsp3) is 0.438. The van der Waals surface area contributed by atoms with Crippen molar-refractivity contribution < 1.29 is 14.3 Å². The number of rotatable bonds is 2. The average molecular weight is 273 g/mol. The quantitative estimate of drug-likeness (QED) is 0.512. The molecule has 1 fully saturated rings. The van der Waals surface area contributed by atoms with Gasteiger partial charge in [-0.15, -0.1) is 0 Å². The number of carbonyl (C=O) groups excluding carboxylic acids is 2. The predicted molar refractivity (Wildman–Crippen MR) is 76.0 cm³/mol. The third-order valence-corrected chi connectivity index (χ3v) is 3.67. The second kappa shape index (κ2) is 5.19. The summed E-state index contributed by atoms with van der Waals surface area (Å²) >= 11 is 0. The molecule has 4 nitrogen and oxygen atoms in total. The Morgan fingerprint density at radius 2 is 1.75 bits per heavy atom. The van der Waals surface area contributed by atoms with Gasteiger partial charge in [0.1, 0.15) is 17.5 Å². The van der Waals surface area contributed by atoms with Gasteiger partial charge < -0.3 is 4.74 Å². The zero-order chi connectivity index (χ0) is 14.9. The van der Waals surface area contributed by atoms with Crippen LogP contribution in [0, 0.1) is 10.8 Å². The first-order chi connectivity index (χ1) is 9.35. The minimum absolute atomic E-state index is 0.0222. The lowest BCUT2D eigenvalue weighted by molar-refractivity contribution is -0.135. The van der Waals surface area contributed by atoms with Crippen LogP contribution in [0.25, 0.3) is 0 Å². The largest absolute Gasteiger partial charge is 0.481 e. The summed E-state index contributed by atoms with van der Waals surface area (Å²) in [6.07, 6.45) is 0.774. The normalized spacial score (nSPS) is 18.9. The van der Waals surface area contributed by atoms with Crippen LogP contribution in [0.1, 0.15) is 43.7 Å². The lowest BCUT2D eigenvalue weighted by Gasteiger charge is -2.32. The smallest absolute Gasteiger partial charge is 0.213 e. The van der Waals surface area contributed by atoms with Gasteiger partial charge in [-0.3, -0.25) is 15.0 Å². The van der Waals surface area contributed by atoms with E-state index in [1.807, 2.05) is 13.8 Å². The molecule has 106 valence electrons. The van der Waals surface area contributed by atoms with Crippen LogP contribution in [0.4, 0.5) is 0 Å². The fourth-order valence-electron chi connectivity index (χ4n) is 2.80. The summed E-state index contributed by atoms with van der Waals surface area (Å²) in [5, 5.41) is 7.80. The number of carbonyl (C=O) groups is 2. The second-order valence-corrected chi connectivity index (χ2v) is 6.00. The van der Waals surface area contributed by atoms with E-state index in [0.717, 1.165) is 0 Å². The number of benzene rings is 1. The predicted octanol–water partition coefficient (Wildman–Crippen LogP) is 2.70. The van der Waals surface area contributed by atoms with Gasteiger partial charge in [0.2, 0.25) is 5.90 Å². The maximum Gasteiger partial charge on any atom is 0.213 e. The molecule has 0 spiro atoms. The first kappa shape index (κ1) is 14.4. The maximum atomic E-state index is 12.4. The minimum atomic E-state index is -0.755. The number of ether oxygens (including phenoxy) is 1. The van der Waals surface area contributed by atoms with Crippen LogP contribution in [-0.2, 0) is 14.3 Å². The van der Waals surface area contributed by atoms with Gasteiger partial charge >= 0.3 is 0 Å². The van der Waals surface area contributed by atoms with Gasteiger partial charge in [0.25, 0.3) is 0 Å². The van der Waals surface area contributed by atoms with Crippen molar-refractivity contribution in [3.63, 3.8) is 0 Å². The molecule has 1 aromatic rings. The standard InChI is InChI=1S/C16H19NO3/c1-16(2)8-12(18)14(13(19)9-16)10-6-4-5-7-11(10)15(17)20-3/h4-7,14,17H,8-9H2,1-3H3. The van der Waals surface area contributed by atoms with E-state index < -0.39 is 5.92 Å². The Morgan fingerprint density at radius 3 is 2.30 bits per heavy atom. The topological polar surface area (TPSA) is 67.2 Å². The Balaban J connectivity index is 2.44. The van der Waals surface area contributed by atoms with E-state index >= 15 is 0 Å². The first-order valence-corrected chi connectivity index (χ1v) is 6.63. The second-order valence-electron chi connectivity index (χ2n) is 6.00. The van der Waals surface area contributed by atoms with Crippen molar-refractivity contribution in [2.75, 3.05) is 7.11 Å². The highest BCUT2D eigenvalue weighted by Crippen LogP contribution is 2.38. The number of methoxy groups -OCH3 is 1. The molecule has 0 aliphatic heterocycles. The van der Waals surface area contributed by atoms with E-state index in [2.05, 4.69) is 0 Å². The average Bonchev–Trinajstić information content (AvgIpc) is 2.36. The molecule has 1 saturated carbocycles. The molecule has 1 aliphatic carbocycles. The van der Waals surface area contributed by atoms with Crippen molar-refractivity contribution >= 4 is 17.5 Å². The van der Waals surface area contributed by atoms with Gasteiger partial charge in [-0.1, -0.05) is 32.0 Å². The molecule has 0 amide bonds. The van der Waals surface area contributed by atoms with Gasteiger partial charge in [-0.05, 0) is 17.0 Å². The summed E-state index contributed by atoms with van der Waals surface area (Å²) in [7, 11) is 1.41. The van der Waals surface area contributed by atoms with Crippen molar-refractivity contribution in [2.24, 2.45) is 5.41 Å². The van der Waals surface area contributed by atoms with Crippen molar-refractivity contribution in [3.8, 4) is 0 Å². The molecule has 1 N–H and O–H groups in total. The molecule has 0 aromatic heterocycles. The van der Waals surface area contributed by atoms with Crippen LogP contribution in [0.5, 0.6) is 0 Å². The Morgan fingerprint density at radius 1 is 1.20 bits per heavy atom. The Kier molecular flexibility index (Phi) is 3.75. The first-order valence-electron chi connectivity index (χ1n) is 6.63. The zero-order valence-corrected chi connectivity index (χ0v) is 12.0. The molecular weight excluding hydrogens is 254 g/mol. The molecule has 0 atom stereocenters. The lowest BCUT2D eigenvalue weighted by Crippen LogP contribution is -2.36. The molecule has 0 saturated heterocycles. The van der Waals surface area contributed by atoms with E-state index in [0.29, 0.717) is 24.0 Å². The molecule has 0 unspecified atom stereocenters. The van der Waals surface area contributed by atoms with Gasteiger partial charge in [-0.25, -0.2) is 0 Å². The van der Waals surface area contributed by atoms with Crippen molar-refractivity contribution in [3.05, 3.63) is 35.4 Å². The summed E-state index contributed by atoms with van der Waals surface area (Å²) in [6, 6.07) is 7.00. The highest BCUT2D eigenvalue weighted by molar-refractivity contribution is 6.12. The number of hydrogen-bond donors (Lipinski definition) is 1. The van der Waals surface area contributed by atoms with E-state index in [-0.39, 0.29) is 22.9 Å². The van der Waals surface area contributed by atoms with E-state index in [1.165, 1.54) is 7.11 Å². The van der Waals surface area contributed by atoms with Gasteiger partial charge in [0, 0.05) is 18.4 Å². The van der Waals surface area contributed by atoms with Crippen LogP contribution in [-0.4, -0.2) is 24.6 Å². The van der Waals surface area contributed by atoms with Crippen LogP contribution >= 0.6 is 0 Å². The third kappa shape index (κ3) is 2.64. The zero-order valence-electron chi connectivity index (χ0n) is 12.0. The fourth-order valence-corrected chi connectivity index (χ4v) is 2.80. The summed E-state index contributed by atoms with van der Waals surface area (Å²) in [4.78, 5) is 24.7. The van der Waals surface area contributed by atoms with Crippen LogP contribution in [0.3, 0.4) is 0 Å². The lowest BCUT2D eigenvalue weighted by atomic mass is 9.69. The van der Waals surface area contributed by atoms with E-state index in [9.17, 15) is 9.59 Å². The van der Waals surface area contributed by atoms with E-state index in [4.69, 9.17) is 10.1 Å². The highest BCUT2D eigenvalue weighted by atomic mass is 16.5. The molecule has 1 aromatic carbocycles. The van der Waals surface area contributed by atoms with Gasteiger partial charge in [-0.2, -0.15) is 0 Å². The number of nitrogens with one attached hydrogen (secondary N) is 1. The Bertz CT molecular complexity index is 555. The van der Waals surface area contributed by atoms with Crippen molar-refractivity contribution in [1.29, 1.82) is 5.41 Å². The van der Waals surface area contributed by atoms with Crippen molar-refractivity contribution in [2.45, 2.75) is 32.6 Å². The molecule has 0 heterocycles. The number of ketones is 2.